The summed E-state index contributed by atoms with van der Waals surface area (Å²) in [4.78, 5) is 0. The van der Waals surface area contributed by atoms with Gasteiger partial charge in [0, 0.05) is 5.56 Å². The number of alkyl halides is 3. The molecule has 0 radical (unpaired) electrons. The summed E-state index contributed by atoms with van der Waals surface area (Å²) in [5.41, 5.74) is -1.23. The maximum atomic E-state index is 12.9. The van der Waals surface area contributed by atoms with Crippen molar-refractivity contribution in [1.82, 2.24) is 0 Å². The SMILES string of the molecule is Cc1cc(CO)c(F)cc1C(F)(F)F. The lowest BCUT2D eigenvalue weighted by Crippen LogP contribution is -2.09. The molecule has 0 unspecified atom stereocenters. The van der Waals surface area contributed by atoms with E-state index in [0.29, 0.717) is 6.07 Å². The van der Waals surface area contributed by atoms with Gasteiger partial charge in [0.05, 0.1) is 12.2 Å². The minimum absolute atomic E-state index is 0.0945. The highest BCUT2D eigenvalue weighted by molar-refractivity contribution is 5.33. The number of benzene rings is 1. The zero-order valence-electron chi connectivity index (χ0n) is 7.32. The molecule has 0 saturated heterocycles. The molecule has 0 aliphatic heterocycles. The van der Waals surface area contributed by atoms with Gasteiger partial charge in [-0.25, -0.2) is 4.39 Å². The van der Waals surface area contributed by atoms with Crippen LogP contribution in [-0.2, 0) is 12.8 Å². The Morgan fingerprint density at radius 2 is 1.86 bits per heavy atom. The second-order valence-corrected chi connectivity index (χ2v) is 2.91. The molecule has 1 aromatic carbocycles. The Balaban J connectivity index is 3.29. The molecule has 14 heavy (non-hydrogen) atoms. The molecule has 0 heterocycles. The van der Waals surface area contributed by atoms with Gasteiger partial charge in [0.15, 0.2) is 0 Å². The Labute approximate surface area is 78.0 Å². The van der Waals surface area contributed by atoms with E-state index >= 15 is 0 Å². The molecular weight excluding hydrogens is 200 g/mol. The molecule has 0 spiro atoms. The molecule has 0 aliphatic rings. The molecule has 1 aromatic rings. The zero-order valence-corrected chi connectivity index (χ0v) is 7.32. The Bertz CT molecular complexity index is 343. The van der Waals surface area contributed by atoms with E-state index in [2.05, 4.69) is 0 Å². The predicted molar refractivity (Wildman–Crippen MR) is 42.1 cm³/mol. The molecule has 0 saturated carbocycles. The summed E-state index contributed by atoms with van der Waals surface area (Å²) >= 11 is 0. The van der Waals surface area contributed by atoms with Crippen LogP contribution in [-0.4, -0.2) is 5.11 Å². The molecule has 0 atom stereocenters. The first kappa shape index (κ1) is 11.0. The summed E-state index contributed by atoms with van der Waals surface area (Å²) in [7, 11) is 0. The van der Waals surface area contributed by atoms with E-state index < -0.39 is 24.2 Å². The maximum absolute atomic E-state index is 12.9. The van der Waals surface area contributed by atoms with E-state index in [-0.39, 0.29) is 11.1 Å². The normalized spacial score (nSPS) is 11.9. The number of hydrogen-bond donors (Lipinski definition) is 1. The first-order valence-electron chi connectivity index (χ1n) is 3.83. The predicted octanol–water partition coefficient (Wildman–Crippen LogP) is 2.65. The minimum atomic E-state index is -4.56. The van der Waals surface area contributed by atoms with E-state index in [4.69, 9.17) is 5.11 Å². The quantitative estimate of drug-likeness (QED) is 0.703. The van der Waals surface area contributed by atoms with Crippen molar-refractivity contribution in [2.45, 2.75) is 19.7 Å². The van der Waals surface area contributed by atoms with Gasteiger partial charge in [-0.15, -0.1) is 0 Å². The zero-order chi connectivity index (χ0) is 10.9. The molecule has 0 bridgehead atoms. The third kappa shape index (κ3) is 2.04. The van der Waals surface area contributed by atoms with Crippen molar-refractivity contribution in [3.05, 3.63) is 34.6 Å². The molecule has 1 N–H and O–H groups in total. The summed E-state index contributed by atoms with van der Waals surface area (Å²) in [6, 6.07) is 1.40. The summed E-state index contributed by atoms with van der Waals surface area (Å²) in [5.74, 6) is -1.04. The fraction of sp³-hybridized carbons (Fsp3) is 0.333. The summed E-state index contributed by atoms with van der Waals surface area (Å²) in [6.07, 6.45) is -4.56. The second kappa shape index (κ2) is 3.57. The summed E-state index contributed by atoms with van der Waals surface area (Å²) < 4.78 is 49.6. The number of aliphatic hydroxyl groups excluding tert-OH is 1. The van der Waals surface area contributed by atoms with Gasteiger partial charge in [0.1, 0.15) is 5.82 Å². The summed E-state index contributed by atoms with van der Waals surface area (Å²) in [6.45, 7) is 0.617. The molecule has 0 amide bonds. The van der Waals surface area contributed by atoms with Gasteiger partial charge in [0.25, 0.3) is 0 Å². The van der Waals surface area contributed by atoms with Crippen LogP contribution in [0.3, 0.4) is 0 Å². The van der Waals surface area contributed by atoms with Crippen molar-refractivity contribution >= 4 is 0 Å². The largest absolute Gasteiger partial charge is 0.416 e. The third-order valence-corrected chi connectivity index (χ3v) is 1.87. The molecule has 1 rings (SSSR count). The van der Waals surface area contributed by atoms with Crippen molar-refractivity contribution in [1.29, 1.82) is 0 Å². The smallest absolute Gasteiger partial charge is 0.392 e. The van der Waals surface area contributed by atoms with Gasteiger partial charge in [-0.05, 0) is 18.6 Å². The molecular formula is C9H8F4O. The van der Waals surface area contributed by atoms with E-state index in [1.54, 1.807) is 0 Å². The van der Waals surface area contributed by atoms with Crippen LogP contribution in [0.4, 0.5) is 17.6 Å². The van der Waals surface area contributed by atoms with Gasteiger partial charge in [-0.3, -0.25) is 0 Å². The average Bonchev–Trinajstić information content (AvgIpc) is 2.06. The van der Waals surface area contributed by atoms with Crippen LogP contribution < -0.4 is 0 Å². The Morgan fingerprint density at radius 1 is 1.29 bits per heavy atom. The number of aliphatic hydroxyl groups is 1. The number of hydrogen-bond acceptors (Lipinski definition) is 1. The van der Waals surface area contributed by atoms with Crippen molar-refractivity contribution < 1.29 is 22.7 Å². The van der Waals surface area contributed by atoms with Crippen LogP contribution in [0.5, 0.6) is 0 Å². The van der Waals surface area contributed by atoms with Gasteiger partial charge in [0.2, 0.25) is 0 Å². The Hall–Kier alpha value is -1.10. The van der Waals surface area contributed by atoms with Crippen LogP contribution in [0.25, 0.3) is 0 Å². The van der Waals surface area contributed by atoms with Crippen molar-refractivity contribution in [2.75, 3.05) is 0 Å². The maximum Gasteiger partial charge on any atom is 0.416 e. The molecule has 0 aromatic heterocycles. The number of aryl methyl sites for hydroxylation is 1. The lowest BCUT2D eigenvalue weighted by atomic mass is 10.0. The van der Waals surface area contributed by atoms with E-state index in [9.17, 15) is 17.6 Å². The number of halogens is 4. The van der Waals surface area contributed by atoms with Crippen LogP contribution in [0.15, 0.2) is 12.1 Å². The van der Waals surface area contributed by atoms with E-state index in [1.807, 2.05) is 0 Å². The first-order valence-corrected chi connectivity index (χ1v) is 3.83. The van der Waals surface area contributed by atoms with Crippen molar-refractivity contribution in [3.63, 3.8) is 0 Å². The monoisotopic (exact) mass is 208 g/mol. The molecule has 5 heteroatoms. The minimum Gasteiger partial charge on any atom is -0.392 e. The lowest BCUT2D eigenvalue weighted by molar-refractivity contribution is -0.138. The van der Waals surface area contributed by atoms with Gasteiger partial charge in [-0.1, -0.05) is 6.07 Å². The van der Waals surface area contributed by atoms with Crippen LogP contribution in [0.1, 0.15) is 16.7 Å². The second-order valence-electron chi connectivity index (χ2n) is 2.91. The van der Waals surface area contributed by atoms with Gasteiger partial charge < -0.3 is 5.11 Å². The van der Waals surface area contributed by atoms with E-state index in [1.165, 1.54) is 6.92 Å². The lowest BCUT2D eigenvalue weighted by Gasteiger charge is -2.11. The highest BCUT2D eigenvalue weighted by atomic mass is 19.4. The summed E-state index contributed by atoms with van der Waals surface area (Å²) in [5, 5.41) is 8.62. The molecule has 1 nitrogen and oxygen atoms in total. The fourth-order valence-corrected chi connectivity index (χ4v) is 1.17. The van der Waals surface area contributed by atoms with Gasteiger partial charge >= 0.3 is 6.18 Å². The average molecular weight is 208 g/mol. The third-order valence-electron chi connectivity index (χ3n) is 1.87. The number of rotatable bonds is 1. The highest BCUT2D eigenvalue weighted by Gasteiger charge is 2.33. The Morgan fingerprint density at radius 3 is 2.29 bits per heavy atom. The van der Waals surface area contributed by atoms with Gasteiger partial charge in [-0.2, -0.15) is 13.2 Å². The standard InChI is InChI=1S/C9H8F4O/c1-5-2-6(4-14)8(10)3-7(5)9(11,12)13/h2-3,14H,4H2,1H3. The van der Waals surface area contributed by atoms with E-state index in [0.717, 1.165) is 6.07 Å². The van der Waals surface area contributed by atoms with Crippen LogP contribution in [0.2, 0.25) is 0 Å². The highest BCUT2D eigenvalue weighted by Crippen LogP contribution is 2.33. The topological polar surface area (TPSA) is 20.2 Å². The Kier molecular flexibility index (Phi) is 2.80. The molecule has 78 valence electrons. The molecule has 0 aliphatic carbocycles. The fourth-order valence-electron chi connectivity index (χ4n) is 1.17. The first-order chi connectivity index (χ1) is 6.36. The van der Waals surface area contributed by atoms with Crippen molar-refractivity contribution in [3.8, 4) is 0 Å². The van der Waals surface area contributed by atoms with Crippen LogP contribution in [0, 0.1) is 12.7 Å². The van der Waals surface area contributed by atoms with Crippen molar-refractivity contribution in [2.24, 2.45) is 0 Å². The molecule has 0 fully saturated rings. The van der Waals surface area contributed by atoms with Crippen LogP contribution >= 0.6 is 0 Å².